The number of nitrogens with zero attached hydrogens (tertiary/aromatic N) is 3. The summed E-state index contributed by atoms with van der Waals surface area (Å²) in [7, 11) is 0. The van der Waals surface area contributed by atoms with Crippen LogP contribution in [0.1, 0.15) is 12.1 Å². The monoisotopic (exact) mass is 481 g/mol. The van der Waals surface area contributed by atoms with Crippen LogP contribution in [0, 0.1) is 11.7 Å². The normalized spacial score (nSPS) is 20.3. The molecule has 0 spiro atoms. The Hall–Kier alpha value is -3.34. The number of hydrogen-bond donors (Lipinski definition) is 3. The van der Waals surface area contributed by atoms with E-state index in [4.69, 9.17) is 4.74 Å². The van der Waals surface area contributed by atoms with E-state index in [1.54, 1.807) is 22.8 Å². The number of aromatic nitrogens is 2. The van der Waals surface area contributed by atoms with Gasteiger partial charge in [-0.05, 0) is 48.2 Å². The van der Waals surface area contributed by atoms with E-state index in [9.17, 15) is 19.1 Å². The minimum atomic E-state index is -0.419. The summed E-state index contributed by atoms with van der Waals surface area (Å²) in [6.07, 6.45) is 0.226. The van der Waals surface area contributed by atoms with Crippen LogP contribution in [-0.4, -0.2) is 64.4 Å². The van der Waals surface area contributed by atoms with E-state index in [0.29, 0.717) is 56.2 Å². The molecule has 2 aromatic heterocycles. The van der Waals surface area contributed by atoms with Gasteiger partial charge in [-0.15, -0.1) is 0 Å². The van der Waals surface area contributed by atoms with Gasteiger partial charge in [-0.1, -0.05) is 0 Å². The molecule has 2 aliphatic rings. The molecule has 0 unspecified atom stereocenters. The molecule has 4 heterocycles. The highest BCUT2D eigenvalue weighted by atomic mass is 19.1. The number of rotatable bonds is 7. The Morgan fingerprint density at radius 3 is 2.91 bits per heavy atom. The first-order valence-corrected chi connectivity index (χ1v) is 11.8. The number of carbonyl (C=O) groups excluding carboxylic acids is 1. The molecule has 35 heavy (non-hydrogen) atoms. The number of piperidine rings is 1. The third-order valence-corrected chi connectivity index (χ3v) is 6.62. The zero-order valence-electron chi connectivity index (χ0n) is 19.2. The molecule has 0 aliphatic carbocycles. The van der Waals surface area contributed by atoms with Crippen LogP contribution in [0.3, 0.4) is 0 Å². The number of likely N-dealkylation sites (tertiary alicyclic amines) is 1. The number of hydrogen-bond acceptors (Lipinski definition) is 7. The van der Waals surface area contributed by atoms with E-state index in [1.165, 1.54) is 18.2 Å². The number of aliphatic hydroxyl groups excluding tert-OH is 1. The molecule has 1 amide bonds. The van der Waals surface area contributed by atoms with Crippen molar-refractivity contribution in [1.82, 2.24) is 19.8 Å². The Bertz CT molecular complexity index is 1300. The van der Waals surface area contributed by atoms with Crippen molar-refractivity contribution in [3.05, 3.63) is 64.3 Å². The average Bonchev–Trinajstić information content (AvgIpc) is 2.85. The summed E-state index contributed by atoms with van der Waals surface area (Å²) < 4.78 is 20.7. The molecule has 184 valence electrons. The van der Waals surface area contributed by atoms with Crippen LogP contribution < -0.4 is 20.9 Å². The zero-order valence-corrected chi connectivity index (χ0v) is 19.2. The Morgan fingerprint density at radius 1 is 1.17 bits per heavy atom. The van der Waals surface area contributed by atoms with Crippen LogP contribution >= 0.6 is 0 Å². The molecule has 3 N–H and O–H groups in total. The fourth-order valence-corrected chi connectivity index (χ4v) is 4.72. The van der Waals surface area contributed by atoms with Crippen molar-refractivity contribution in [3.63, 3.8) is 0 Å². The number of carbonyl (C=O) groups is 1. The molecule has 5 rings (SSSR count). The number of benzene rings is 1. The lowest BCUT2D eigenvalue weighted by Gasteiger charge is -2.36. The topological polar surface area (TPSA) is 109 Å². The lowest BCUT2D eigenvalue weighted by atomic mass is 9.94. The quantitative estimate of drug-likeness (QED) is 0.467. The molecular formula is C25H28FN5O4. The van der Waals surface area contributed by atoms with Gasteiger partial charge in [-0.2, -0.15) is 0 Å². The molecule has 1 aromatic carbocycles. The summed E-state index contributed by atoms with van der Waals surface area (Å²) in [5.74, 6) is 0.405. The predicted octanol–water partition coefficient (Wildman–Crippen LogP) is 1.34. The smallest absolute Gasteiger partial charge is 0.263 e. The minimum absolute atomic E-state index is 0.00559. The lowest BCUT2D eigenvalue weighted by molar-refractivity contribution is -0.118. The second-order valence-corrected chi connectivity index (χ2v) is 9.06. The van der Waals surface area contributed by atoms with Crippen LogP contribution in [0.2, 0.25) is 0 Å². The molecule has 10 heteroatoms. The second-order valence-electron chi connectivity index (χ2n) is 9.06. The first-order valence-electron chi connectivity index (χ1n) is 11.8. The first kappa shape index (κ1) is 23.4. The Kier molecular flexibility index (Phi) is 6.76. The first-order chi connectivity index (χ1) is 17.0. The Morgan fingerprint density at radius 2 is 2.03 bits per heavy atom. The largest absolute Gasteiger partial charge is 0.480 e. The van der Waals surface area contributed by atoms with E-state index in [2.05, 4.69) is 20.5 Å². The van der Waals surface area contributed by atoms with E-state index in [1.807, 2.05) is 6.07 Å². The Balaban J connectivity index is 1.17. The number of fused-ring (bicyclic) bond motifs is 2. The van der Waals surface area contributed by atoms with Crippen molar-refractivity contribution in [1.29, 1.82) is 0 Å². The van der Waals surface area contributed by atoms with Gasteiger partial charge in [0.2, 0.25) is 0 Å². The average molecular weight is 482 g/mol. The molecule has 0 bridgehead atoms. The molecule has 1 fully saturated rings. The third kappa shape index (κ3) is 5.34. The van der Waals surface area contributed by atoms with E-state index >= 15 is 0 Å². The summed E-state index contributed by atoms with van der Waals surface area (Å²) in [6.45, 7) is 3.57. The van der Waals surface area contributed by atoms with E-state index in [0.717, 1.165) is 17.6 Å². The minimum Gasteiger partial charge on any atom is -0.480 e. The maximum Gasteiger partial charge on any atom is 0.263 e. The number of aliphatic hydroxyl groups is 1. The number of pyridine rings is 2. The van der Waals surface area contributed by atoms with Crippen LogP contribution in [0.25, 0.3) is 10.9 Å². The van der Waals surface area contributed by atoms with Crippen molar-refractivity contribution in [3.8, 4) is 5.75 Å². The van der Waals surface area contributed by atoms with E-state index in [-0.39, 0.29) is 29.8 Å². The van der Waals surface area contributed by atoms with Gasteiger partial charge in [-0.3, -0.25) is 9.59 Å². The van der Waals surface area contributed by atoms with Gasteiger partial charge in [0.05, 0.1) is 17.3 Å². The van der Waals surface area contributed by atoms with Gasteiger partial charge in [0.15, 0.2) is 18.2 Å². The van der Waals surface area contributed by atoms with Crippen molar-refractivity contribution in [2.24, 2.45) is 5.92 Å². The number of nitrogens with one attached hydrogen (secondary N) is 2. The molecule has 0 saturated carbocycles. The maximum absolute atomic E-state index is 13.8. The molecular weight excluding hydrogens is 453 g/mol. The number of amides is 1. The second kappa shape index (κ2) is 10.1. The molecule has 0 radical (unpaired) electrons. The molecule has 2 aliphatic heterocycles. The van der Waals surface area contributed by atoms with Gasteiger partial charge in [0, 0.05) is 51.3 Å². The summed E-state index contributed by atoms with van der Waals surface area (Å²) in [4.78, 5) is 30.6. The molecule has 3 aromatic rings. The summed E-state index contributed by atoms with van der Waals surface area (Å²) in [6, 6.07) is 11.3. The molecule has 1 saturated heterocycles. The summed E-state index contributed by atoms with van der Waals surface area (Å²) in [5, 5.41) is 17.4. The van der Waals surface area contributed by atoms with Gasteiger partial charge < -0.3 is 29.9 Å². The Labute approximate surface area is 201 Å². The molecule has 9 nitrogen and oxygen atoms in total. The number of anilines is 1. The van der Waals surface area contributed by atoms with Gasteiger partial charge >= 0.3 is 0 Å². The van der Waals surface area contributed by atoms with Crippen molar-refractivity contribution >= 4 is 22.6 Å². The van der Waals surface area contributed by atoms with Crippen LogP contribution in [0.4, 0.5) is 10.2 Å². The van der Waals surface area contributed by atoms with E-state index < -0.39 is 6.10 Å². The standard InChI is InChI=1S/C25H28FN5O4/c26-18-3-1-16-2-6-24(34)31(20(16)11-18)10-9-30-8-7-21(32)17(14-30)12-27-13-19-4-5-22-25(28-19)29-23(33)15-35-22/h1-6,11,17,21,27,32H,7-10,12-15H2,(H,28,29,33)/t17-,21+/m0/s1. The molecule has 2 atom stereocenters. The third-order valence-electron chi connectivity index (χ3n) is 6.62. The van der Waals surface area contributed by atoms with Crippen LogP contribution in [-0.2, 0) is 17.9 Å². The predicted molar refractivity (Wildman–Crippen MR) is 129 cm³/mol. The lowest BCUT2D eigenvalue weighted by Crippen LogP contribution is -2.48. The van der Waals surface area contributed by atoms with Crippen LogP contribution in [0.5, 0.6) is 5.75 Å². The van der Waals surface area contributed by atoms with Crippen molar-refractivity contribution in [2.75, 3.05) is 38.1 Å². The summed E-state index contributed by atoms with van der Waals surface area (Å²) >= 11 is 0. The van der Waals surface area contributed by atoms with Crippen molar-refractivity contribution < 1.29 is 19.0 Å². The number of halogens is 1. The SMILES string of the molecule is O=C1COc2ccc(CNC[C@H]3CN(CCn4c(=O)ccc5ccc(F)cc54)CC[C@H]3O)nc2N1. The maximum atomic E-state index is 13.8. The van der Waals surface area contributed by atoms with Crippen LogP contribution in [0.15, 0.2) is 47.3 Å². The highest BCUT2D eigenvalue weighted by molar-refractivity contribution is 5.94. The fourth-order valence-electron chi connectivity index (χ4n) is 4.72. The van der Waals surface area contributed by atoms with Crippen molar-refractivity contribution in [2.45, 2.75) is 25.6 Å². The highest BCUT2D eigenvalue weighted by Crippen LogP contribution is 2.25. The number of ether oxygens (including phenoxy) is 1. The van der Waals surface area contributed by atoms with Gasteiger partial charge in [0.25, 0.3) is 11.5 Å². The summed E-state index contributed by atoms with van der Waals surface area (Å²) in [5.41, 5.74) is 1.20. The highest BCUT2D eigenvalue weighted by Gasteiger charge is 2.27. The zero-order chi connectivity index (χ0) is 24.4. The van der Waals surface area contributed by atoms with Gasteiger partial charge in [-0.25, -0.2) is 9.37 Å². The fraction of sp³-hybridized carbons (Fsp3) is 0.400. The van der Waals surface area contributed by atoms with Gasteiger partial charge in [0.1, 0.15) is 5.82 Å².